The Hall–Kier alpha value is -2.41. The van der Waals surface area contributed by atoms with Gasteiger partial charge in [-0.1, -0.05) is 42.5 Å². The van der Waals surface area contributed by atoms with Gasteiger partial charge in [-0.05, 0) is 36.4 Å². The van der Waals surface area contributed by atoms with Crippen molar-refractivity contribution < 1.29 is 24.7 Å². The summed E-state index contributed by atoms with van der Waals surface area (Å²) in [5, 5.41) is 30.2. The Labute approximate surface area is 158 Å². The summed E-state index contributed by atoms with van der Waals surface area (Å²) in [6, 6.07) is 12.3. The number of ketones is 1. The number of ether oxygens (including phenoxy) is 1. The van der Waals surface area contributed by atoms with E-state index in [9.17, 15) is 19.9 Å². The lowest BCUT2D eigenvalue weighted by Gasteiger charge is -2.37. The molecule has 27 heavy (non-hydrogen) atoms. The van der Waals surface area contributed by atoms with Crippen LogP contribution in [-0.2, 0) is 21.6 Å². The van der Waals surface area contributed by atoms with Crippen LogP contribution in [0.4, 0.5) is 0 Å². The van der Waals surface area contributed by atoms with Gasteiger partial charge in [-0.3, -0.25) is 4.79 Å². The number of carbonyl (C=O) groups excluding carboxylic acids is 1. The van der Waals surface area contributed by atoms with Crippen molar-refractivity contribution in [1.82, 2.24) is 0 Å². The monoisotopic (exact) mass is 364 g/mol. The number of benzene rings is 2. The molecular weight excluding hydrogens is 343 g/mol. The normalized spacial score (nSPS) is 21.4. The summed E-state index contributed by atoms with van der Waals surface area (Å²) in [4.78, 5) is 13.3. The van der Waals surface area contributed by atoms with Gasteiger partial charge in [0, 0.05) is 23.1 Å². The molecule has 0 radical (unpaired) electrons. The van der Waals surface area contributed by atoms with Gasteiger partial charge in [0.1, 0.15) is 5.76 Å². The molecule has 138 valence electrons. The van der Waals surface area contributed by atoms with E-state index in [2.05, 4.69) is 0 Å². The first-order valence-electron chi connectivity index (χ1n) is 9.10. The van der Waals surface area contributed by atoms with E-state index < -0.39 is 12.7 Å². The third kappa shape index (κ3) is 2.90. The Morgan fingerprint density at radius 1 is 1.19 bits per heavy atom. The zero-order chi connectivity index (χ0) is 19.2. The number of rotatable bonds is 3. The molecular formula is C21H21BO5. The summed E-state index contributed by atoms with van der Waals surface area (Å²) in [5.41, 5.74) is 2.17. The van der Waals surface area contributed by atoms with E-state index in [1.165, 1.54) is 0 Å². The average molecular weight is 364 g/mol. The third-order valence-electron chi connectivity index (χ3n) is 5.47. The van der Waals surface area contributed by atoms with Gasteiger partial charge in [0.05, 0.1) is 6.61 Å². The molecule has 1 aliphatic heterocycles. The molecule has 1 heterocycles. The van der Waals surface area contributed by atoms with Crippen molar-refractivity contribution in [2.45, 2.75) is 31.8 Å². The van der Waals surface area contributed by atoms with Gasteiger partial charge in [-0.15, -0.1) is 0 Å². The lowest BCUT2D eigenvalue weighted by molar-refractivity contribution is -0.135. The second-order valence-electron chi connectivity index (χ2n) is 7.23. The number of aliphatic hydroxyl groups is 1. The Morgan fingerprint density at radius 2 is 1.96 bits per heavy atom. The molecule has 0 saturated heterocycles. The summed E-state index contributed by atoms with van der Waals surface area (Å²) in [6.07, 6.45) is 1.47. The van der Waals surface area contributed by atoms with Gasteiger partial charge >= 0.3 is 7.12 Å². The van der Waals surface area contributed by atoms with Gasteiger partial charge in [-0.2, -0.15) is 0 Å². The SMILES string of the molecule is Cc1cc(B(O)O)ccc1CC1(O)C(=O)C2=C(OCCC2)c2ccccc21. The van der Waals surface area contributed by atoms with Crippen LogP contribution in [0.5, 0.6) is 0 Å². The van der Waals surface area contributed by atoms with E-state index in [-0.39, 0.29) is 12.2 Å². The number of hydrogen-bond acceptors (Lipinski definition) is 5. The Balaban J connectivity index is 1.80. The minimum Gasteiger partial charge on any atom is -0.493 e. The second kappa shape index (κ2) is 6.64. The highest BCUT2D eigenvalue weighted by molar-refractivity contribution is 6.58. The quantitative estimate of drug-likeness (QED) is 0.713. The van der Waals surface area contributed by atoms with E-state index in [0.717, 1.165) is 23.1 Å². The summed E-state index contributed by atoms with van der Waals surface area (Å²) in [7, 11) is -1.55. The van der Waals surface area contributed by atoms with Crippen LogP contribution in [0.15, 0.2) is 48.0 Å². The molecule has 1 aliphatic carbocycles. The number of Topliss-reactive ketones (excluding diaryl/α,β-unsaturated/α-hetero) is 1. The molecule has 4 rings (SSSR count). The Kier molecular flexibility index (Phi) is 4.42. The van der Waals surface area contributed by atoms with E-state index in [0.29, 0.717) is 35.4 Å². The first-order chi connectivity index (χ1) is 12.9. The predicted molar refractivity (Wildman–Crippen MR) is 102 cm³/mol. The molecule has 6 heteroatoms. The van der Waals surface area contributed by atoms with Crippen LogP contribution in [-0.4, -0.2) is 34.7 Å². The molecule has 0 fully saturated rings. The van der Waals surface area contributed by atoms with Crippen LogP contribution < -0.4 is 5.46 Å². The molecule has 1 atom stereocenters. The zero-order valence-electron chi connectivity index (χ0n) is 15.1. The van der Waals surface area contributed by atoms with Crippen molar-refractivity contribution in [3.63, 3.8) is 0 Å². The van der Waals surface area contributed by atoms with E-state index in [1.54, 1.807) is 24.3 Å². The van der Waals surface area contributed by atoms with Crippen LogP contribution in [0, 0.1) is 6.92 Å². The maximum absolute atomic E-state index is 13.3. The van der Waals surface area contributed by atoms with E-state index >= 15 is 0 Å². The summed E-state index contributed by atoms with van der Waals surface area (Å²) < 4.78 is 5.78. The minimum absolute atomic E-state index is 0.118. The topological polar surface area (TPSA) is 87.0 Å². The molecule has 0 bridgehead atoms. The molecule has 2 aliphatic rings. The molecule has 0 amide bonds. The number of fused-ring (bicyclic) bond motifs is 2. The molecule has 0 aromatic heterocycles. The molecule has 2 aromatic carbocycles. The summed E-state index contributed by atoms with van der Waals surface area (Å²) in [6.45, 7) is 2.40. The molecule has 1 unspecified atom stereocenters. The first kappa shape index (κ1) is 18.0. The van der Waals surface area contributed by atoms with Crippen molar-refractivity contribution in [1.29, 1.82) is 0 Å². The smallest absolute Gasteiger partial charge is 0.488 e. The van der Waals surface area contributed by atoms with Crippen LogP contribution in [0.3, 0.4) is 0 Å². The van der Waals surface area contributed by atoms with Crippen molar-refractivity contribution in [2.24, 2.45) is 0 Å². The van der Waals surface area contributed by atoms with Gasteiger partial charge in [0.25, 0.3) is 0 Å². The summed E-state index contributed by atoms with van der Waals surface area (Å²) >= 11 is 0. The van der Waals surface area contributed by atoms with E-state index in [4.69, 9.17) is 4.74 Å². The fourth-order valence-corrected chi connectivity index (χ4v) is 4.02. The lowest BCUT2D eigenvalue weighted by atomic mass is 9.71. The largest absolute Gasteiger partial charge is 0.493 e. The Morgan fingerprint density at radius 3 is 2.70 bits per heavy atom. The number of hydrogen-bond donors (Lipinski definition) is 3. The third-order valence-corrected chi connectivity index (χ3v) is 5.47. The molecule has 0 spiro atoms. The molecule has 2 aromatic rings. The number of aryl methyl sites for hydroxylation is 1. The molecule has 3 N–H and O–H groups in total. The van der Waals surface area contributed by atoms with Crippen LogP contribution >= 0.6 is 0 Å². The minimum atomic E-state index is -1.67. The standard InChI is InChI=1S/C21H21BO5/c1-13-11-15(22(25)26)9-8-14(13)12-21(24)18-7-3-2-5-16(18)19-17(20(21)23)6-4-10-27-19/h2-3,5,7-9,11,24-26H,4,6,10,12H2,1H3. The predicted octanol–water partition coefficient (Wildman–Crippen LogP) is 1.21. The molecule has 0 saturated carbocycles. The maximum Gasteiger partial charge on any atom is 0.488 e. The number of carbonyl (C=O) groups is 1. The average Bonchev–Trinajstić information content (AvgIpc) is 2.68. The molecule has 5 nitrogen and oxygen atoms in total. The first-order valence-corrected chi connectivity index (χ1v) is 9.10. The van der Waals surface area contributed by atoms with Crippen LogP contribution in [0.25, 0.3) is 5.76 Å². The maximum atomic E-state index is 13.3. The van der Waals surface area contributed by atoms with Gasteiger partial charge < -0.3 is 19.9 Å². The van der Waals surface area contributed by atoms with Gasteiger partial charge in [0.2, 0.25) is 0 Å². The van der Waals surface area contributed by atoms with Crippen LogP contribution in [0.2, 0.25) is 0 Å². The van der Waals surface area contributed by atoms with Crippen molar-refractivity contribution in [3.05, 3.63) is 70.3 Å². The highest BCUT2D eigenvalue weighted by Crippen LogP contribution is 2.44. The Bertz CT molecular complexity index is 949. The van der Waals surface area contributed by atoms with Crippen molar-refractivity contribution in [2.75, 3.05) is 6.61 Å². The lowest BCUT2D eigenvalue weighted by Crippen LogP contribution is -2.43. The zero-order valence-corrected chi connectivity index (χ0v) is 15.1. The fraction of sp³-hybridized carbons (Fsp3) is 0.286. The highest BCUT2D eigenvalue weighted by atomic mass is 16.5. The van der Waals surface area contributed by atoms with Gasteiger partial charge in [-0.25, -0.2) is 0 Å². The van der Waals surface area contributed by atoms with Gasteiger partial charge in [0.15, 0.2) is 11.4 Å². The second-order valence-corrected chi connectivity index (χ2v) is 7.23. The van der Waals surface area contributed by atoms with Crippen molar-refractivity contribution in [3.8, 4) is 0 Å². The van der Waals surface area contributed by atoms with Crippen molar-refractivity contribution >= 4 is 24.1 Å². The van der Waals surface area contributed by atoms with Crippen LogP contribution in [0.1, 0.15) is 35.1 Å². The van der Waals surface area contributed by atoms with E-state index in [1.807, 2.05) is 25.1 Å². The summed E-state index contributed by atoms with van der Waals surface area (Å²) in [5.74, 6) is 0.295. The highest BCUT2D eigenvalue weighted by Gasteiger charge is 2.47. The fourth-order valence-electron chi connectivity index (χ4n) is 4.02.